The van der Waals surface area contributed by atoms with Crippen LogP contribution in [-0.2, 0) is 4.74 Å². The Morgan fingerprint density at radius 1 is 1.45 bits per heavy atom. The van der Waals surface area contributed by atoms with Crippen LogP contribution in [0.25, 0.3) is 0 Å². The topological polar surface area (TPSA) is 51.4 Å². The van der Waals surface area contributed by atoms with Crippen molar-refractivity contribution >= 4 is 23.2 Å². The van der Waals surface area contributed by atoms with Gasteiger partial charge in [0.25, 0.3) is 0 Å². The predicted octanol–water partition coefficient (Wildman–Crippen LogP) is 2.72. The molecule has 5 nitrogen and oxygen atoms in total. The molecule has 7 heteroatoms. The molecule has 2 aliphatic rings. The Hall–Kier alpha value is -0.360. The molecule has 1 saturated carbocycles. The second kappa shape index (κ2) is 5.44. The van der Waals surface area contributed by atoms with Crippen molar-refractivity contribution in [1.29, 1.82) is 0 Å². The molecule has 20 heavy (non-hydrogen) atoms. The number of halogens is 2. The van der Waals surface area contributed by atoms with Crippen molar-refractivity contribution in [1.82, 2.24) is 15.0 Å². The molecule has 1 aromatic rings. The quantitative estimate of drug-likeness (QED) is 0.799. The minimum atomic E-state index is -0.505. The lowest BCUT2D eigenvalue weighted by atomic mass is 10.1. The first kappa shape index (κ1) is 14.6. The largest absolute Gasteiger partial charge is 0.375 e. The monoisotopic (exact) mass is 319 g/mol. The maximum Gasteiger partial charge on any atom is 0.246 e. The van der Waals surface area contributed by atoms with Crippen molar-refractivity contribution in [3.05, 3.63) is 11.7 Å². The highest BCUT2D eigenvalue weighted by Gasteiger charge is 2.51. The zero-order chi connectivity index (χ0) is 14.3. The molecule has 1 aromatic heterocycles. The number of nitrogens with zero attached hydrogens (tertiary/aromatic N) is 3. The van der Waals surface area contributed by atoms with Gasteiger partial charge in [-0.15, -0.1) is 23.2 Å². The van der Waals surface area contributed by atoms with Gasteiger partial charge >= 0.3 is 0 Å². The minimum Gasteiger partial charge on any atom is -0.375 e. The highest BCUT2D eigenvalue weighted by atomic mass is 35.5. The standard InChI is InChI=1S/C13H19Cl2N3O2/c1-8-11(12-16-9(2)17-20-12)18(5-6-19-8)4-3-10-7-13(10,14)15/h8,10-11H,3-7H2,1-2H3/t8-,10-,11+/m1/s1. The fourth-order valence-electron chi connectivity index (χ4n) is 2.83. The Bertz CT molecular complexity index is 480. The van der Waals surface area contributed by atoms with Gasteiger partial charge in [-0.1, -0.05) is 5.16 Å². The van der Waals surface area contributed by atoms with Crippen LogP contribution in [0.5, 0.6) is 0 Å². The molecule has 0 amide bonds. The lowest BCUT2D eigenvalue weighted by molar-refractivity contribution is -0.0734. The smallest absolute Gasteiger partial charge is 0.246 e. The second-order valence-electron chi connectivity index (χ2n) is 5.69. The van der Waals surface area contributed by atoms with E-state index >= 15 is 0 Å². The number of hydrogen-bond donors (Lipinski definition) is 0. The summed E-state index contributed by atoms with van der Waals surface area (Å²) in [6, 6.07) is 0.0174. The molecule has 2 heterocycles. The molecule has 3 atom stereocenters. The number of rotatable bonds is 4. The number of hydrogen-bond acceptors (Lipinski definition) is 5. The molecule has 0 spiro atoms. The van der Waals surface area contributed by atoms with E-state index in [9.17, 15) is 0 Å². The summed E-state index contributed by atoms with van der Waals surface area (Å²) >= 11 is 12.2. The molecule has 1 aliphatic carbocycles. The summed E-state index contributed by atoms with van der Waals surface area (Å²) in [6.45, 7) is 6.38. The van der Waals surface area contributed by atoms with Crippen LogP contribution in [0.3, 0.4) is 0 Å². The van der Waals surface area contributed by atoms with E-state index in [1.807, 2.05) is 13.8 Å². The Balaban J connectivity index is 1.67. The van der Waals surface area contributed by atoms with Crippen LogP contribution in [0.2, 0.25) is 0 Å². The van der Waals surface area contributed by atoms with Gasteiger partial charge in [-0.25, -0.2) is 0 Å². The van der Waals surface area contributed by atoms with E-state index in [1.165, 1.54) is 0 Å². The molecule has 2 fully saturated rings. The summed E-state index contributed by atoms with van der Waals surface area (Å²) in [4.78, 5) is 6.69. The zero-order valence-electron chi connectivity index (χ0n) is 11.7. The fraction of sp³-hybridized carbons (Fsp3) is 0.846. The molecule has 1 aliphatic heterocycles. The van der Waals surface area contributed by atoms with Gasteiger partial charge in [0.05, 0.1) is 12.7 Å². The second-order valence-corrected chi connectivity index (χ2v) is 7.23. The summed E-state index contributed by atoms with van der Waals surface area (Å²) in [5.74, 6) is 1.68. The first-order valence-electron chi connectivity index (χ1n) is 7.01. The van der Waals surface area contributed by atoms with Crippen LogP contribution in [0.1, 0.15) is 37.5 Å². The van der Waals surface area contributed by atoms with Crippen LogP contribution in [0.15, 0.2) is 4.52 Å². The molecule has 1 saturated heterocycles. The van der Waals surface area contributed by atoms with Crippen LogP contribution < -0.4 is 0 Å². The lowest BCUT2D eigenvalue weighted by Crippen LogP contribution is -2.44. The minimum absolute atomic E-state index is 0.0174. The SMILES string of the molecule is Cc1noc([C@@H]2[C@@H](C)OCCN2CC[C@@H]2CC2(Cl)Cl)n1. The van der Waals surface area contributed by atoms with Gasteiger partial charge < -0.3 is 9.26 Å². The predicted molar refractivity (Wildman–Crippen MR) is 75.9 cm³/mol. The van der Waals surface area contributed by atoms with E-state index in [0.29, 0.717) is 17.6 Å². The van der Waals surface area contributed by atoms with E-state index < -0.39 is 4.33 Å². The van der Waals surface area contributed by atoms with Crippen molar-refractivity contribution in [2.75, 3.05) is 19.7 Å². The summed E-state index contributed by atoms with van der Waals surface area (Å²) in [6.07, 6.45) is 1.92. The summed E-state index contributed by atoms with van der Waals surface area (Å²) in [7, 11) is 0. The molecule has 0 unspecified atom stereocenters. The van der Waals surface area contributed by atoms with Crippen LogP contribution in [-0.4, -0.2) is 45.2 Å². The number of morpholine rings is 1. The van der Waals surface area contributed by atoms with Gasteiger partial charge in [0.2, 0.25) is 5.89 Å². The third kappa shape index (κ3) is 2.96. The highest BCUT2D eigenvalue weighted by Crippen LogP contribution is 2.55. The van der Waals surface area contributed by atoms with Gasteiger partial charge in [0.1, 0.15) is 10.4 Å². The van der Waals surface area contributed by atoms with Crippen molar-refractivity contribution < 1.29 is 9.26 Å². The normalized spacial score (nSPS) is 33.3. The maximum absolute atomic E-state index is 6.09. The Morgan fingerprint density at radius 3 is 2.80 bits per heavy atom. The zero-order valence-corrected chi connectivity index (χ0v) is 13.2. The summed E-state index contributed by atoms with van der Waals surface area (Å²) in [5, 5.41) is 3.88. The lowest BCUT2D eigenvalue weighted by Gasteiger charge is -2.37. The first-order chi connectivity index (χ1) is 9.47. The summed E-state index contributed by atoms with van der Waals surface area (Å²) in [5.41, 5.74) is 0. The van der Waals surface area contributed by atoms with E-state index in [4.69, 9.17) is 32.5 Å². The molecule has 3 rings (SSSR count). The Morgan fingerprint density at radius 2 is 2.20 bits per heavy atom. The van der Waals surface area contributed by atoms with E-state index in [0.717, 1.165) is 32.5 Å². The van der Waals surface area contributed by atoms with Gasteiger partial charge in [-0.2, -0.15) is 4.98 Å². The Labute approximate surface area is 128 Å². The van der Waals surface area contributed by atoms with Crippen molar-refractivity contribution in [2.24, 2.45) is 5.92 Å². The number of ether oxygens (including phenoxy) is 1. The van der Waals surface area contributed by atoms with Gasteiger partial charge in [-0.3, -0.25) is 4.90 Å². The maximum atomic E-state index is 6.09. The average Bonchev–Trinajstić information content (AvgIpc) is 2.78. The van der Waals surface area contributed by atoms with Gasteiger partial charge in [0.15, 0.2) is 5.82 Å². The highest BCUT2D eigenvalue weighted by molar-refractivity contribution is 6.50. The molecule has 0 N–H and O–H groups in total. The third-order valence-corrected chi connectivity index (χ3v) is 5.04. The number of aromatic nitrogens is 2. The van der Waals surface area contributed by atoms with Crippen molar-refractivity contribution in [3.8, 4) is 0 Å². The molecular formula is C13H19Cl2N3O2. The van der Waals surface area contributed by atoms with Crippen LogP contribution >= 0.6 is 23.2 Å². The molecular weight excluding hydrogens is 301 g/mol. The van der Waals surface area contributed by atoms with Crippen LogP contribution in [0, 0.1) is 12.8 Å². The van der Waals surface area contributed by atoms with Crippen molar-refractivity contribution in [2.45, 2.75) is 43.2 Å². The first-order valence-corrected chi connectivity index (χ1v) is 7.76. The molecule has 0 radical (unpaired) electrons. The molecule has 112 valence electrons. The molecule has 0 aromatic carbocycles. The number of aryl methyl sites for hydroxylation is 1. The van der Waals surface area contributed by atoms with E-state index in [2.05, 4.69) is 15.0 Å². The van der Waals surface area contributed by atoms with E-state index in [-0.39, 0.29) is 12.1 Å². The van der Waals surface area contributed by atoms with Gasteiger partial charge in [-0.05, 0) is 39.2 Å². The average molecular weight is 320 g/mol. The van der Waals surface area contributed by atoms with Crippen molar-refractivity contribution in [3.63, 3.8) is 0 Å². The molecule has 0 bridgehead atoms. The fourth-order valence-corrected chi connectivity index (χ4v) is 3.42. The third-order valence-electron chi connectivity index (χ3n) is 4.11. The number of alkyl halides is 2. The van der Waals surface area contributed by atoms with Crippen LogP contribution in [0.4, 0.5) is 0 Å². The van der Waals surface area contributed by atoms with Gasteiger partial charge in [0, 0.05) is 6.54 Å². The summed E-state index contributed by atoms with van der Waals surface area (Å²) < 4.78 is 10.6. The Kier molecular flexibility index (Phi) is 3.97. The van der Waals surface area contributed by atoms with E-state index in [1.54, 1.807) is 0 Å².